The predicted octanol–water partition coefficient (Wildman–Crippen LogP) is 2.46. The van der Waals surface area contributed by atoms with Crippen molar-refractivity contribution in [2.45, 2.75) is 33.6 Å². The van der Waals surface area contributed by atoms with E-state index in [-0.39, 0.29) is 0 Å². The van der Waals surface area contributed by atoms with E-state index in [1.807, 2.05) is 26.1 Å². The van der Waals surface area contributed by atoms with Crippen molar-refractivity contribution in [2.75, 3.05) is 0 Å². The van der Waals surface area contributed by atoms with Gasteiger partial charge in [-0.3, -0.25) is 0 Å². The summed E-state index contributed by atoms with van der Waals surface area (Å²) < 4.78 is 0. The molecule has 0 N–H and O–H groups in total. The zero-order valence-corrected chi connectivity index (χ0v) is 7.54. The third kappa shape index (κ3) is 4.48. The normalized spacial score (nSPS) is 8.27. The lowest BCUT2D eigenvalue weighted by Crippen LogP contribution is -1.85. The smallest absolute Gasteiger partial charge is 0.0528 e. The number of hydrogen-bond donors (Lipinski definition) is 0. The molecule has 0 aliphatic rings. The first-order valence-electron chi connectivity index (χ1n) is 4.19. The summed E-state index contributed by atoms with van der Waals surface area (Å²) in [6.07, 6.45) is 5.82. The maximum atomic E-state index is 3.75. The van der Waals surface area contributed by atoms with Gasteiger partial charge in [-0.2, -0.15) is 10.2 Å². The topological polar surface area (TPSA) is 25.8 Å². The van der Waals surface area contributed by atoms with Crippen LogP contribution in [0.15, 0.2) is 18.5 Å². The molecule has 1 aromatic heterocycles. The van der Waals surface area contributed by atoms with Crippen molar-refractivity contribution >= 4 is 0 Å². The molecule has 62 valence electrons. The van der Waals surface area contributed by atoms with Crippen LogP contribution < -0.4 is 0 Å². The third-order valence-electron chi connectivity index (χ3n) is 1.18. The van der Waals surface area contributed by atoms with E-state index >= 15 is 0 Å². The van der Waals surface area contributed by atoms with Gasteiger partial charge in [0, 0.05) is 6.20 Å². The SMILES string of the molecule is CC.CCCc1ccnnc1. The third-order valence-corrected chi connectivity index (χ3v) is 1.18. The maximum Gasteiger partial charge on any atom is 0.0528 e. The minimum absolute atomic E-state index is 1.11. The van der Waals surface area contributed by atoms with Gasteiger partial charge in [0.25, 0.3) is 0 Å². The van der Waals surface area contributed by atoms with Gasteiger partial charge in [0.05, 0.1) is 6.20 Å². The fraction of sp³-hybridized carbons (Fsp3) is 0.556. The van der Waals surface area contributed by atoms with Crippen molar-refractivity contribution in [1.29, 1.82) is 0 Å². The van der Waals surface area contributed by atoms with E-state index in [9.17, 15) is 0 Å². The van der Waals surface area contributed by atoms with Crippen LogP contribution in [-0.2, 0) is 6.42 Å². The summed E-state index contributed by atoms with van der Waals surface area (Å²) >= 11 is 0. The van der Waals surface area contributed by atoms with E-state index in [1.54, 1.807) is 6.20 Å². The van der Waals surface area contributed by atoms with Crippen LogP contribution in [0.4, 0.5) is 0 Å². The summed E-state index contributed by atoms with van der Waals surface area (Å²) in [5.41, 5.74) is 1.27. The van der Waals surface area contributed by atoms with E-state index < -0.39 is 0 Å². The zero-order valence-electron chi connectivity index (χ0n) is 7.54. The molecule has 11 heavy (non-hydrogen) atoms. The Balaban J connectivity index is 0.000000461. The van der Waals surface area contributed by atoms with Crippen molar-refractivity contribution in [1.82, 2.24) is 10.2 Å². The molecule has 2 heteroatoms. The minimum Gasteiger partial charge on any atom is -0.159 e. The lowest BCUT2D eigenvalue weighted by Gasteiger charge is -1.92. The lowest BCUT2D eigenvalue weighted by atomic mass is 10.2. The first-order valence-corrected chi connectivity index (χ1v) is 4.19. The van der Waals surface area contributed by atoms with Gasteiger partial charge in [0.2, 0.25) is 0 Å². The van der Waals surface area contributed by atoms with Crippen LogP contribution in [-0.4, -0.2) is 10.2 Å². The van der Waals surface area contributed by atoms with Crippen LogP contribution in [0, 0.1) is 0 Å². The average Bonchev–Trinajstić information content (AvgIpc) is 2.11. The molecule has 0 bridgehead atoms. The summed E-state index contributed by atoms with van der Waals surface area (Å²) in [5, 5.41) is 7.43. The molecule has 1 rings (SSSR count). The van der Waals surface area contributed by atoms with Gasteiger partial charge in [0.15, 0.2) is 0 Å². The number of aromatic nitrogens is 2. The number of hydrogen-bond acceptors (Lipinski definition) is 2. The molecule has 0 atom stereocenters. The second-order valence-corrected chi connectivity index (χ2v) is 2.00. The van der Waals surface area contributed by atoms with Crippen molar-refractivity contribution in [3.63, 3.8) is 0 Å². The zero-order chi connectivity index (χ0) is 8.53. The highest BCUT2D eigenvalue weighted by Crippen LogP contribution is 1.96. The molecule has 1 heterocycles. The molecule has 0 saturated carbocycles. The molecule has 0 amide bonds. The Bertz CT molecular complexity index is 160. The lowest BCUT2D eigenvalue weighted by molar-refractivity contribution is 0.892. The molecule has 0 saturated heterocycles. The highest BCUT2D eigenvalue weighted by molar-refractivity contribution is 5.04. The van der Waals surface area contributed by atoms with E-state index in [0.717, 1.165) is 6.42 Å². The van der Waals surface area contributed by atoms with E-state index in [0.29, 0.717) is 0 Å². The van der Waals surface area contributed by atoms with Crippen molar-refractivity contribution in [3.8, 4) is 0 Å². The van der Waals surface area contributed by atoms with Crippen LogP contribution >= 0.6 is 0 Å². The van der Waals surface area contributed by atoms with Gasteiger partial charge >= 0.3 is 0 Å². The molecule has 0 spiro atoms. The Morgan fingerprint density at radius 1 is 1.27 bits per heavy atom. The Labute approximate surface area is 68.7 Å². The van der Waals surface area contributed by atoms with Crippen molar-refractivity contribution in [2.24, 2.45) is 0 Å². The van der Waals surface area contributed by atoms with Gasteiger partial charge in [-0.15, -0.1) is 0 Å². The fourth-order valence-corrected chi connectivity index (χ4v) is 0.755. The van der Waals surface area contributed by atoms with Crippen LogP contribution in [0.25, 0.3) is 0 Å². The molecule has 0 aliphatic carbocycles. The van der Waals surface area contributed by atoms with Crippen LogP contribution in [0.5, 0.6) is 0 Å². The summed E-state index contributed by atoms with van der Waals surface area (Å²) in [7, 11) is 0. The Morgan fingerprint density at radius 3 is 2.45 bits per heavy atom. The predicted molar refractivity (Wildman–Crippen MR) is 47.4 cm³/mol. The summed E-state index contributed by atoms with van der Waals surface area (Å²) in [6, 6.07) is 2.00. The Hall–Kier alpha value is -0.920. The van der Waals surface area contributed by atoms with Crippen LogP contribution in [0.1, 0.15) is 32.8 Å². The average molecular weight is 152 g/mol. The summed E-state index contributed by atoms with van der Waals surface area (Å²) in [5.74, 6) is 0. The number of aryl methyl sites for hydroxylation is 1. The number of rotatable bonds is 2. The Kier molecular flexibility index (Phi) is 6.59. The molecule has 2 nitrogen and oxygen atoms in total. The molecular formula is C9H16N2. The van der Waals surface area contributed by atoms with Crippen LogP contribution in [0.3, 0.4) is 0 Å². The highest BCUT2D eigenvalue weighted by atomic mass is 15.1. The maximum absolute atomic E-state index is 3.75. The largest absolute Gasteiger partial charge is 0.159 e. The van der Waals surface area contributed by atoms with E-state index in [2.05, 4.69) is 17.1 Å². The molecule has 0 aromatic carbocycles. The fourth-order valence-electron chi connectivity index (χ4n) is 0.755. The van der Waals surface area contributed by atoms with Crippen molar-refractivity contribution in [3.05, 3.63) is 24.0 Å². The molecule has 0 aliphatic heterocycles. The van der Waals surface area contributed by atoms with E-state index in [4.69, 9.17) is 0 Å². The molecule has 0 fully saturated rings. The standard InChI is InChI=1S/C7H10N2.C2H6/c1-2-3-7-4-5-8-9-6-7;1-2/h4-6H,2-3H2,1H3;1-2H3. The summed E-state index contributed by atoms with van der Waals surface area (Å²) in [6.45, 7) is 6.15. The monoisotopic (exact) mass is 152 g/mol. The second kappa shape index (κ2) is 7.19. The molecule has 0 radical (unpaired) electrons. The molecule has 0 unspecified atom stereocenters. The summed E-state index contributed by atoms with van der Waals surface area (Å²) in [4.78, 5) is 0. The Morgan fingerprint density at radius 2 is 2.00 bits per heavy atom. The highest BCUT2D eigenvalue weighted by Gasteiger charge is 1.86. The van der Waals surface area contributed by atoms with Gasteiger partial charge < -0.3 is 0 Å². The van der Waals surface area contributed by atoms with Gasteiger partial charge in [0.1, 0.15) is 0 Å². The molecule has 1 aromatic rings. The van der Waals surface area contributed by atoms with Gasteiger partial charge in [-0.1, -0.05) is 27.2 Å². The molecular weight excluding hydrogens is 136 g/mol. The van der Waals surface area contributed by atoms with Gasteiger partial charge in [-0.05, 0) is 18.1 Å². The number of nitrogens with zero attached hydrogens (tertiary/aromatic N) is 2. The van der Waals surface area contributed by atoms with Crippen LogP contribution in [0.2, 0.25) is 0 Å². The van der Waals surface area contributed by atoms with Crippen molar-refractivity contribution < 1.29 is 0 Å². The quantitative estimate of drug-likeness (QED) is 0.650. The minimum atomic E-state index is 1.11. The van der Waals surface area contributed by atoms with Gasteiger partial charge in [-0.25, -0.2) is 0 Å². The van der Waals surface area contributed by atoms with E-state index in [1.165, 1.54) is 12.0 Å². The first kappa shape index (κ1) is 10.1. The second-order valence-electron chi connectivity index (χ2n) is 2.00. The first-order chi connectivity index (χ1) is 5.43.